The van der Waals surface area contributed by atoms with Crippen LogP contribution in [0.15, 0.2) is 97.3 Å². The van der Waals surface area contributed by atoms with Crippen molar-refractivity contribution in [1.82, 2.24) is 9.97 Å². The van der Waals surface area contributed by atoms with E-state index in [1.54, 1.807) is 18.5 Å². The van der Waals surface area contributed by atoms with Crippen LogP contribution in [0.1, 0.15) is 16.1 Å². The maximum absolute atomic E-state index is 13.0. The quantitative estimate of drug-likeness (QED) is 0.187. The number of nitrogens with zero attached hydrogens (tertiary/aromatic N) is 2. The lowest BCUT2D eigenvalue weighted by Gasteiger charge is -2.12. The van der Waals surface area contributed by atoms with E-state index in [0.717, 1.165) is 42.9 Å². The van der Waals surface area contributed by atoms with Gasteiger partial charge in [-0.2, -0.15) is 0 Å². The predicted molar refractivity (Wildman–Crippen MR) is 151 cm³/mol. The predicted octanol–water partition coefficient (Wildman–Crippen LogP) is 7.28. The number of fused-ring (bicyclic) bond motifs is 1. The van der Waals surface area contributed by atoms with Gasteiger partial charge in [-0.15, -0.1) is 0 Å². The number of aryl methyl sites for hydroxylation is 1. The lowest BCUT2D eigenvalue weighted by atomic mass is 10.1. The molecule has 2 heterocycles. The lowest BCUT2D eigenvalue weighted by molar-refractivity contribution is 0.102. The Hall–Kier alpha value is -3.98. The van der Waals surface area contributed by atoms with Crippen LogP contribution in [0.4, 0.5) is 28.4 Å². The summed E-state index contributed by atoms with van der Waals surface area (Å²) in [5.41, 5.74) is 6.71. The van der Waals surface area contributed by atoms with Crippen LogP contribution in [-0.2, 0) is 0 Å². The number of halogens is 1. The molecule has 0 saturated carbocycles. The molecule has 0 spiro atoms. The number of carbonyl (C=O) groups is 1. The average Bonchev–Trinajstić information content (AvgIpc) is 2.85. The smallest absolute Gasteiger partial charge is 0.255 e. The highest BCUT2D eigenvalue weighted by Gasteiger charge is 2.09. The van der Waals surface area contributed by atoms with Gasteiger partial charge in [0.15, 0.2) is 0 Å². The number of rotatable bonds is 6. The Morgan fingerprint density at radius 1 is 0.743 bits per heavy atom. The number of nitrogens with one attached hydrogen (secondary N) is 3. The van der Waals surface area contributed by atoms with Gasteiger partial charge in [-0.1, -0.05) is 12.1 Å². The van der Waals surface area contributed by atoms with Gasteiger partial charge in [0.2, 0.25) is 0 Å². The van der Waals surface area contributed by atoms with Crippen molar-refractivity contribution in [3.05, 3.63) is 112 Å². The van der Waals surface area contributed by atoms with Crippen LogP contribution < -0.4 is 16.0 Å². The number of pyridine rings is 2. The summed E-state index contributed by atoms with van der Waals surface area (Å²) >= 11 is 2.29. The summed E-state index contributed by atoms with van der Waals surface area (Å²) in [6.45, 7) is 1.95. The van der Waals surface area contributed by atoms with E-state index < -0.39 is 0 Å². The second-order valence-corrected chi connectivity index (χ2v) is 9.32. The zero-order valence-electron chi connectivity index (χ0n) is 18.9. The number of amides is 1. The molecule has 0 aliphatic carbocycles. The molecule has 1 amide bonds. The fourth-order valence-electron chi connectivity index (χ4n) is 3.79. The van der Waals surface area contributed by atoms with Crippen LogP contribution >= 0.6 is 22.6 Å². The minimum atomic E-state index is -0.181. The second kappa shape index (κ2) is 10.1. The summed E-state index contributed by atoms with van der Waals surface area (Å²) in [5, 5.41) is 10.8. The monoisotopic (exact) mass is 571 g/mol. The Kier molecular flexibility index (Phi) is 6.58. The molecule has 2 aromatic heterocycles. The molecule has 3 aromatic carbocycles. The van der Waals surface area contributed by atoms with Crippen LogP contribution in [0.2, 0.25) is 0 Å². The van der Waals surface area contributed by atoms with Gasteiger partial charge in [0.05, 0.1) is 5.52 Å². The number of benzene rings is 3. The van der Waals surface area contributed by atoms with Crippen molar-refractivity contribution < 1.29 is 4.79 Å². The van der Waals surface area contributed by atoms with E-state index in [4.69, 9.17) is 0 Å². The average molecular weight is 571 g/mol. The Labute approximate surface area is 217 Å². The first-order valence-electron chi connectivity index (χ1n) is 11.1. The molecule has 172 valence electrons. The van der Waals surface area contributed by atoms with Crippen molar-refractivity contribution in [2.24, 2.45) is 0 Å². The van der Waals surface area contributed by atoms with Crippen LogP contribution in [0.25, 0.3) is 10.9 Å². The molecule has 5 rings (SSSR count). The van der Waals surface area contributed by atoms with Gasteiger partial charge >= 0.3 is 0 Å². The fraction of sp³-hybridized carbons (Fsp3) is 0.0357. The Bertz CT molecular complexity index is 1540. The molecule has 0 aliphatic heterocycles. The van der Waals surface area contributed by atoms with Crippen molar-refractivity contribution in [1.29, 1.82) is 0 Å². The molecule has 3 N–H and O–H groups in total. The number of hydrogen-bond donors (Lipinski definition) is 3. The highest BCUT2D eigenvalue weighted by Crippen LogP contribution is 2.27. The van der Waals surface area contributed by atoms with Gasteiger partial charge in [-0.25, -0.2) is 0 Å². The maximum Gasteiger partial charge on any atom is 0.255 e. The summed E-state index contributed by atoms with van der Waals surface area (Å²) in [4.78, 5) is 21.7. The van der Waals surface area contributed by atoms with Gasteiger partial charge in [-0.3, -0.25) is 14.8 Å². The molecule has 0 bridgehead atoms. The maximum atomic E-state index is 13.0. The number of aromatic nitrogens is 2. The van der Waals surface area contributed by atoms with E-state index in [-0.39, 0.29) is 5.91 Å². The highest BCUT2D eigenvalue weighted by molar-refractivity contribution is 14.1. The van der Waals surface area contributed by atoms with E-state index in [1.165, 1.54) is 0 Å². The van der Waals surface area contributed by atoms with Crippen molar-refractivity contribution >= 4 is 67.8 Å². The van der Waals surface area contributed by atoms with Crippen molar-refractivity contribution in [3.8, 4) is 0 Å². The summed E-state index contributed by atoms with van der Waals surface area (Å²) in [6, 6.07) is 27.0. The first kappa shape index (κ1) is 22.8. The van der Waals surface area contributed by atoms with Gasteiger partial charge in [-0.05, 0) is 102 Å². The number of hydrogen-bond acceptors (Lipinski definition) is 5. The minimum Gasteiger partial charge on any atom is -0.355 e. The molecule has 0 aliphatic rings. The third-order valence-electron chi connectivity index (χ3n) is 5.41. The Morgan fingerprint density at radius 3 is 2.34 bits per heavy atom. The molecule has 7 heteroatoms. The molecule has 0 radical (unpaired) electrons. The number of anilines is 5. The van der Waals surface area contributed by atoms with Crippen LogP contribution in [0.5, 0.6) is 0 Å². The Morgan fingerprint density at radius 2 is 1.49 bits per heavy atom. The SMILES string of the molecule is Cc1cc(Nc2cccc(NC(=O)c3cccc(Nc4ccnc5ccc(I)cc45)c3)c2)ccn1. The van der Waals surface area contributed by atoms with Crippen LogP contribution in [0, 0.1) is 10.5 Å². The molecule has 0 atom stereocenters. The van der Waals surface area contributed by atoms with Crippen LogP contribution in [0.3, 0.4) is 0 Å². The third kappa shape index (κ3) is 5.58. The van der Waals surface area contributed by atoms with Gasteiger partial charge in [0.1, 0.15) is 0 Å². The first-order chi connectivity index (χ1) is 17.0. The Balaban J connectivity index is 1.32. The highest BCUT2D eigenvalue weighted by atomic mass is 127. The summed E-state index contributed by atoms with van der Waals surface area (Å²) < 4.78 is 1.13. The van der Waals surface area contributed by atoms with Crippen molar-refractivity contribution in [2.45, 2.75) is 6.92 Å². The fourth-order valence-corrected chi connectivity index (χ4v) is 4.28. The molecule has 0 unspecified atom stereocenters. The standard InChI is InChI=1S/C28H22IN5O/c1-18-14-24(10-12-30-18)32-22-6-3-7-23(17-22)34-28(35)19-4-2-5-21(15-19)33-27-11-13-31-26-9-8-20(29)16-25(26)27/h2-17H,1H3,(H,30,32)(H,31,33)(H,34,35). The van der Waals surface area contributed by atoms with Gasteiger partial charge < -0.3 is 16.0 Å². The van der Waals surface area contributed by atoms with Gasteiger partial charge in [0, 0.05) is 61.0 Å². The van der Waals surface area contributed by atoms with E-state index >= 15 is 0 Å². The molecule has 35 heavy (non-hydrogen) atoms. The van der Waals surface area contributed by atoms with Crippen molar-refractivity contribution in [2.75, 3.05) is 16.0 Å². The zero-order valence-corrected chi connectivity index (χ0v) is 21.1. The normalized spacial score (nSPS) is 10.7. The topological polar surface area (TPSA) is 78.9 Å². The van der Waals surface area contributed by atoms with E-state index in [1.807, 2.05) is 79.7 Å². The van der Waals surface area contributed by atoms with Gasteiger partial charge in [0.25, 0.3) is 5.91 Å². The van der Waals surface area contributed by atoms with E-state index in [9.17, 15) is 4.79 Å². The summed E-state index contributed by atoms with van der Waals surface area (Å²) in [5.74, 6) is -0.181. The molecule has 6 nitrogen and oxygen atoms in total. The zero-order chi connectivity index (χ0) is 24.2. The number of carbonyl (C=O) groups excluding carboxylic acids is 1. The van der Waals surface area contributed by atoms with E-state index in [2.05, 4.69) is 54.6 Å². The van der Waals surface area contributed by atoms with E-state index in [0.29, 0.717) is 11.3 Å². The minimum absolute atomic E-state index is 0.181. The third-order valence-corrected chi connectivity index (χ3v) is 6.08. The molecule has 0 fully saturated rings. The van der Waals surface area contributed by atoms with Crippen molar-refractivity contribution in [3.63, 3.8) is 0 Å². The summed E-state index contributed by atoms with van der Waals surface area (Å²) in [6.07, 6.45) is 3.54. The molecular weight excluding hydrogens is 549 g/mol. The first-order valence-corrected chi connectivity index (χ1v) is 12.1. The summed E-state index contributed by atoms with van der Waals surface area (Å²) in [7, 11) is 0. The molecule has 5 aromatic rings. The van der Waals surface area contributed by atoms with Crippen LogP contribution in [-0.4, -0.2) is 15.9 Å². The molecule has 0 saturated heterocycles. The second-order valence-electron chi connectivity index (χ2n) is 8.07. The molecular formula is C28H22IN5O. The lowest BCUT2D eigenvalue weighted by Crippen LogP contribution is -2.12. The largest absolute Gasteiger partial charge is 0.355 e.